The van der Waals surface area contributed by atoms with E-state index >= 15 is 0 Å². The van der Waals surface area contributed by atoms with Crippen LogP contribution in [0.4, 0.5) is 25.7 Å². The van der Waals surface area contributed by atoms with Gasteiger partial charge in [-0.05, 0) is 98.0 Å². The van der Waals surface area contributed by atoms with Crippen molar-refractivity contribution in [1.29, 1.82) is 0 Å². The molecule has 2 amide bonds. The molecule has 0 spiro atoms. The van der Waals surface area contributed by atoms with E-state index in [0.29, 0.717) is 69.4 Å². The molecule has 19 rings (SSSR count). The number of nitrogens with zero attached hydrogens (tertiary/aromatic N) is 23. The molecule has 5 aliphatic heterocycles. The summed E-state index contributed by atoms with van der Waals surface area (Å²) in [7, 11) is 0. The third-order valence-electron chi connectivity index (χ3n) is 21.0. The molecule has 0 aliphatic carbocycles. The summed E-state index contributed by atoms with van der Waals surface area (Å²) < 4.78 is 39.3. The number of nitrogens with one attached hydrogen (secondary N) is 1. The first-order valence-electron chi connectivity index (χ1n) is 40.8. The van der Waals surface area contributed by atoms with Crippen molar-refractivity contribution in [2.75, 3.05) is 103 Å². The molecule has 9 aromatic heterocycles. The Morgan fingerprint density at radius 3 is 1.10 bits per heavy atom. The van der Waals surface area contributed by atoms with Crippen LogP contribution in [-0.2, 0) is 19.8 Å². The van der Waals surface area contributed by atoms with Gasteiger partial charge >= 0.3 is 0 Å². The molecule has 0 unspecified atom stereocenters. The molecule has 42 heteroatoms. The number of carbonyl (C=O) groups excluding carboxylic acids is 2. The van der Waals surface area contributed by atoms with Crippen molar-refractivity contribution in [2.24, 2.45) is 5.73 Å². The number of aromatic nitrogens is 18. The van der Waals surface area contributed by atoms with Crippen molar-refractivity contribution in [3.05, 3.63) is 190 Å². The summed E-state index contributed by atoms with van der Waals surface area (Å²) >= 11 is 7.15. The Kier molecular flexibility index (Phi) is 29.6. The minimum atomic E-state index is -0.456. The van der Waals surface area contributed by atoms with Gasteiger partial charge in [-0.25, -0.2) is 9.97 Å². The lowest BCUT2D eigenvalue weighted by atomic mass is 10.1. The van der Waals surface area contributed by atoms with Gasteiger partial charge in [-0.15, -0.1) is 40.8 Å². The van der Waals surface area contributed by atoms with Gasteiger partial charge in [0.25, 0.3) is 29.5 Å². The van der Waals surface area contributed by atoms with Crippen LogP contribution < -0.4 is 49.2 Å². The molecule has 5 aliphatic rings. The number of hydrogen-bond acceptors (Lipinski definition) is 39. The average molecular weight is 1790 g/mol. The highest BCUT2D eigenvalue weighted by atomic mass is 32.1. The smallest absolute Gasteiger partial charge is 0.260 e. The molecule has 5 aromatic carbocycles. The Balaban J connectivity index is 0.000000121. The number of rotatable bonds is 22. The number of carbonyl (C=O) groups is 2. The van der Waals surface area contributed by atoms with E-state index in [4.69, 9.17) is 53.6 Å². The van der Waals surface area contributed by atoms with Gasteiger partial charge in [-0.3, -0.25) is 9.59 Å². The number of tetrazole rings is 1. The fourth-order valence-corrected chi connectivity index (χ4v) is 18.2. The number of ether oxygens (including phenoxy) is 4. The molecule has 14 aromatic rings. The predicted octanol–water partition coefficient (Wildman–Crippen LogP) is 11.5. The Morgan fingerprint density at radius 1 is 0.400 bits per heavy atom. The molecule has 0 saturated carbocycles. The fraction of sp³-hybridized carbons (Fsp3) is 0.386. The van der Waals surface area contributed by atoms with Crippen molar-refractivity contribution in [3.8, 4) is 66.2 Å². The van der Waals surface area contributed by atoms with Gasteiger partial charge < -0.3 is 83.0 Å². The summed E-state index contributed by atoms with van der Waals surface area (Å²) in [6.07, 6.45) is 11.7. The number of H-pyrrole nitrogens is 1. The number of piperidine rings is 4. The molecule has 0 bridgehead atoms. The number of aromatic amines is 1. The molecule has 37 nitrogen and oxygen atoms in total. The predicted molar refractivity (Wildman–Crippen MR) is 471 cm³/mol. The number of amides is 2. The lowest BCUT2D eigenvalue weighted by Gasteiger charge is -2.34. The maximum Gasteiger partial charge on any atom is 0.260 e. The standard InChI is InChI=1S/C18H20N4O3S.2C17H19N5O3S.C16H18N4O2S.C15H17N7OS/c1-12-4-2-3-5-14(12)24-13-6-8-22(9-7-13)18-19-10-15(26-18)17-20-16(11-23)25-21-17;2*1-11-4-2-3-5-13(11)24-12-6-8-22(9-7-12)17-20-19-16(26-17)15-18-14(10-23)25-21-15;1-11-4-2-3-5-12(11)15(22)19-6-8-20(9-7-19)16-18-10-13(23-16)14(17)21;1-10-4-2-3-5-12(10)23-11-6-8-22(9-7-11)15-19-18-14(24-15)13-16-20-21-17-13/h2-5,10,13,23H,6-9,11H2,1H3;2*2-5,12,23H,6-10H2,1H3;2-5,10H,6-9H2,1H3,(H2,17,21);2-5,11H,6-9H2,1H3,(H,16,17,20,21). The van der Waals surface area contributed by atoms with Crippen LogP contribution in [0.1, 0.15) is 117 Å². The Morgan fingerprint density at radius 2 is 0.744 bits per heavy atom. The minimum Gasteiger partial charge on any atom is -0.490 e. The van der Waals surface area contributed by atoms with Crippen LogP contribution in [0.15, 0.2) is 147 Å². The van der Waals surface area contributed by atoms with Crippen molar-refractivity contribution in [3.63, 3.8) is 0 Å². The van der Waals surface area contributed by atoms with Gasteiger partial charge in [0.15, 0.2) is 25.3 Å². The number of benzene rings is 5. The molecule has 125 heavy (non-hydrogen) atoms. The lowest BCUT2D eigenvalue weighted by molar-refractivity contribution is 0.0745. The summed E-state index contributed by atoms with van der Waals surface area (Å²) in [5.41, 5.74) is 11.7. The molecule has 0 radical (unpaired) electrons. The molecule has 14 heterocycles. The van der Waals surface area contributed by atoms with Gasteiger partial charge in [0.1, 0.15) is 72.1 Å². The second-order valence-electron chi connectivity index (χ2n) is 29.7. The monoisotopic (exact) mass is 1790 g/mol. The number of anilines is 5. The maximum absolute atomic E-state index is 12.6. The van der Waals surface area contributed by atoms with Crippen LogP contribution >= 0.6 is 56.7 Å². The van der Waals surface area contributed by atoms with E-state index in [2.05, 4.69) is 168 Å². The molecule has 6 N–H and O–H groups in total. The van der Waals surface area contributed by atoms with Crippen LogP contribution in [-0.4, -0.2) is 227 Å². The number of aliphatic hydroxyl groups is 3. The van der Waals surface area contributed by atoms with E-state index in [1.54, 1.807) is 6.20 Å². The number of piperazine rings is 1. The first kappa shape index (κ1) is 87.5. The van der Waals surface area contributed by atoms with Gasteiger partial charge in [0.2, 0.25) is 38.7 Å². The summed E-state index contributed by atoms with van der Waals surface area (Å²) in [5.74, 6) is 5.70. The maximum atomic E-state index is 12.6. The third kappa shape index (κ3) is 22.9. The normalized spacial score (nSPS) is 15.3. The van der Waals surface area contributed by atoms with Crippen molar-refractivity contribution in [1.82, 2.24) is 96.5 Å². The number of aliphatic hydroxyl groups excluding tert-OH is 3. The van der Waals surface area contributed by atoms with Gasteiger partial charge in [-0.1, -0.05) is 163 Å². The molecule has 5 saturated heterocycles. The summed E-state index contributed by atoms with van der Waals surface area (Å²) in [4.78, 5) is 58.9. The number of nitrogens with two attached hydrogens (primary N) is 1. The van der Waals surface area contributed by atoms with E-state index in [1.807, 2.05) is 109 Å². The third-order valence-corrected chi connectivity index (χ3v) is 26.1. The summed E-state index contributed by atoms with van der Waals surface area (Å²) in [6.45, 7) is 19.1. The highest BCUT2D eigenvalue weighted by Crippen LogP contribution is 2.37. The van der Waals surface area contributed by atoms with E-state index in [0.717, 1.165) is 180 Å². The number of aryl methyl sites for hydroxylation is 5. The summed E-state index contributed by atoms with van der Waals surface area (Å²) in [6, 6.07) is 40.1. The molecular weight excluding hydrogens is 1700 g/mol. The quantitative estimate of drug-likeness (QED) is 0.0421. The Labute approximate surface area is 738 Å². The zero-order valence-corrected chi connectivity index (χ0v) is 73.3. The first-order valence-corrected chi connectivity index (χ1v) is 44.9. The van der Waals surface area contributed by atoms with Crippen LogP contribution in [0.2, 0.25) is 0 Å². The zero-order valence-electron chi connectivity index (χ0n) is 69.2. The lowest BCUT2D eigenvalue weighted by Crippen LogP contribution is -2.48. The Hall–Kier alpha value is -12.4. The largest absolute Gasteiger partial charge is 0.490 e. The number of hydrogen-bond donors (Lipinski definition) is 5. The topological polar surface area (TPSA) is 452 Å². The highest BCUT2D eigenvalue weighted by Gasteiger charge is 2.31. The van der Waals surface area contributed by atoms with Gasteiger partial charge in [-0.2, -0.15) is 20.2 Å². The van der Waals surface area contributed by atoms with Crippen LogP contribution in [0, 0.1) is 34.6 Å². The fourth-order valence-electron chi connectivity index (χ4n) is 14.0. The molecule has 0 atom stereocenters. The summed E-state index contributed by atoms with van der Waals surface area (Å²) in [5, 5.41) is 83.7. The molecular formula is C83H93N25O12S5. The van der Waals surface area contributed by atoms with Crippen molar-refractivity contribution in [2.45, 2.75) is 130 Å². The van der Waals surface area contributed by atoms with E-state index < -0.39 is 5.91 Å². The molecule has 652 valence electrons. The Bertz CT molecular complexity index is 5420. The SMILES string of the molecule is Cc1ccccc1C(=O)N1CCN(c2ncc(C(N)=O)s2)CC1.Cc1ccccc1OC1CCN(c2ncc(-c3noc(CO)n3)s2)CC1.Cc1ccccc1OC1CCN(c2nnc(-c3nn[nH]n3)s2)CC1.Cc1ccccc1OC1CCN(c2nnc(-c3noc(CO)n3)s2)CC1.Cc1ccccc1OC1CCN(c2nnc(-c3noc(CO)n3)s2)CC1. The van der Waals surface area contributed by atoms with E-state index in [-0.39, 0.29) is 67.8 Å². The zero-order chi connectivity index (χ0) is 86.5. The number of primary amides is 1. The van der Waals surface area contributed by atoms with Gasteiger partial charge in [0, 0.05) is 135 Å². The van der Waals surface area contributed by atoms with Crippen molar-refractivity contribution < 1.29 is 57.4 Å². The van der Waals surface area contributed by atoms with Crippen molar-refractivity contribution >= 4 is 94.2 Å². The minimum absolute atomic E-state index is 0.0692. The van der Waals surface area contributed by atoms with E-state index in [1.165, 1.54) is 74.0 Å². The first-order chi connectivity index (χ1) is 61.0. The second kappa shape index (κ2) is 42.3. The van der Waals surface area contributed by atoms with Crippen LogP contribution in [0.5, 0.6) is 23.0 Å². The second-order valence-corrected chi connectivity index (χ2v) is 34.6. The van der Waals surface area contributed by atoms with Crippen LogP contribution in [0.25, 0.3) is 43.2 Å². The average Bonchev–Trinajstić information content (AvgIpc) is 1.78. The number of para-hydroxylation sites is 4. The highest BCUT2D eigenvalue weighted by molar-refractivity contribution is 7.19. The molecule has 5 fully saturated rings. The number of thiazole rings is 2. The van der Waals surface area contributed by atoms with Gasteiger partial charge in [0.05, 0.1) is 17.3 Å². The van der Waals surface area contributed by atoms with E-state index in [9.17, 15) is 9.59 Å². The van der Waals surface area contributed by atoms with Crippen LogP contribution in [0.3, 0.4) is 0 Å².